The molecule has 0 spiro atoms. The Morgan fingerprint density at radius 3 is 2.92 bits per heavy atom. The largest absolute Gasteiger partial charge is 0.335 e. The third-order valence-electron chi connectivity index (χ3n) is 4.56. The molecule has 2 heterocycles. The second-order valence-corrected chi connectivity index (χ2v) is 7.24. The molecule has 3 aromatic rings. The lowest BCUT2D eigenvalue weighted by Crippen LogP contribution is -2.24. The number of thiophene rings is 1. The molecule has 0 saturated heterocycles. The fourth-order valence-electron chi connectivity index (χ4n) is 3.51. The van der Waals surface area contributed by atoms with Crippen molar-refractivity contribution in [2.75, 3.05) is 0 Å². The number of carbonyl (C=O) groups is 1. The van der Waals surface area contributed by atoms with Gasteiger partial charge < -0.3 is 4.57 Å². The van der Waals surface area contributed by atoms with Gasteiger partial charge in [0.05, 0.1) is 11.1 Å². The molecule has 4 rings (SSSR count). The summed E-state index contributed by atoms with van der Waals surface area (Å²) in [6.45, 7) is 0.242. The smallest absolute Gasteiger partial charge is 0.259 e. The van der Waals surface area contributed by atoms with Crippen LogP contribution in [0.5, 0.6) is 0 Å². The van der Waals surface area contributed by atoms with E-state index in [4.69, 9.17) is 0 Å². The van der Waals surface area contributed by atoms with Crippen LogP contribution in [-0.2, 0) is 24.2 Å². The Morgan fingerprint density at radius 2 is 2.08 bits per heavy atom. The van der Waals surface area contributed by atoms with E-state index in [-0.39, 0.29) is 17.6 Å². The molecule has 2 aromatic heterocycles. The topological polar surface area (TPSA) is 46.4 Å². The lowest BCUT2D eigenvalue weighted by atomic mass is 9.96. The minimum atomic E-state index is -0.266. The number of nitrogens with one attached hydrogen (secondary N) is 1. The fraction of sp³-hybridized carbons (Fsp3) is 0.263. The number of amides is 1. The van der Waals surface area contributed by atoms with Crippen molar-refractivity contribution >= 4 is 34.4 Å². The highest BCUT2D eigenvalue weighted by molar-refractivity contribution is 7.12. The number of para-hydroxylation sites is 1. The zero-order chi connectivity index (χ0) is 17.2. The second-order valence-electron chi connectivity index (χ2n) is 6.17. The Labute approximate surface area is 149 Å². The Hall–Kier alpha value is -2.47. The molecule has 0 aliphatic heterocycles. The second kappa shape index (κ2) is 6.80. The average molecular weight is 355 g/mol. The highest BCUT2D eigenvalue weighted by Gasteiger charge is 2.20. The third-order valence-corrected chi connectivity index (χ3v) is 5.37. The number of hydrogen-bond donors (Lipinski definition) is 1. The summed E-state index contributed by atoms with van der Waals surface area (Å²) in [7, 11) is 0. The molecule has 0 bridgehead atoms. The van der Waals surface area contributed by atoms with Crippen LogP contribution in [0.1, 0.15) is 29.0 Å². The Bertz CT molecular complexity index is 957. The van der Waals surface area contributed by atoms with Crippen LogP contribution in [0, 0.1) is 5.13 Å². The van der Waals surface area contributed by atoms with Crippen LogP contribution in [0.4, 0.5) is 4.39 Å². The van der Waals surface area contributed by atoms with Crippen molar-refractivity contribution in [2.24, 2.45) is 5.10 Å². The first kappa shape index (κ1) is 16.0. The average Bonchev–Trinajstić information content (AvgIpc) is 3.18. The monoisotopic (exact) mass is 355 g/mol. The lowest BCUT2D eigenvalue weighted by Gasteiger charge is -2.15. The van der Waals surface area contributed by atoms with Crippen LogP contribution in [0.2, 0.25) is 0 Å². The number of rotatable bonds is 4. The normalized spacial score (nSPS) is 14.1. The first-order chi connectivity index (χ1) is 12.2. The molecule has 1 aliphatic rings. The number of aryl methyl sites for hydroxylation is 1. The molecule has 0 radical (unpaired) electrons. The fourth-order valence-corrected chi connectivity index (χ4v) is 4.11. The quantitative estimate of drug-likeness (QED) is 0.560. The van der Waals surface area contributed by atoms with E-state index in [0.717, 1.165) is 36.1 Å². The van der Waals surface area contributed by atoms with Gasteiger partial charge in [-0.15, -0.1) is 11.3 Å². The van der Waals surface area contributed by atoms with Crippen molar-refractivity contribution in [3.8, 4) is 0 Å². The lowest BCUT2D eigenvalue weighted by molar-refractivity contribution is -0.121. The van der Waals surface area contributed by atoms with Crippen LogP contribution in [-0.4, -0.2) is 16.7 Å². The van der Waals surface area contributed by atoms with Gasteiger partial charge in [0.25, 0.3) is 5.91 Å². The van der Waals surface area contributed by atoms with Crippen molar-refractivity contribution in [2.45, 2.75) is 32.2 Å². The van der Waals surface area contributed by atoms with Crippen molar-refractivity contribution < 1.29 is 9.18 Å². The summed E-state index contributed by atoms with van der Waals surface area (Å²) in [5.41, 5.74) is 6.30. The number of aromatic nitrogens is 1. The van der Waals surface area contributed by atoms with Gasteiger partial charge in [0, 0.05) is 16.6 Å². The van der Waals surface area contributed by atoms with Gasteiger partial charge in [0.15, 0.2) is 5.13 Å². The molecule has 0 atom stereocenters. The molecule has 0 saturated carbocycles. The van der Waals surface area contributed by atoms with E-state index >= 15 is 0 Å². The predicted molar refractivity (Wildman–Crippen MR) is 98.6 cm³/mol. The third kappa shape index (κ3) is 3.22. The van der Waals surface area contributed by atoms with Crippen LogP contribution in [0.25, 0.3) is 10.9 Å². The minimum Gasteiger partial charge on any atom is -0.335 e. The van der Waals surface area contributed by atoms with Crippen molar-refractivity contribution in [3.05, 3.63) is 57.7 Å². The van der Waals surface area contributed by atoms with Crippen molar-refractivity contribution in [3.63, 3.8) is 0 Å². The molecule has 1 amide bonds. The Balaban J connectivity index is 1.54. The van der Waals surface area contributed by atoms with Gasteiger partial charge in [-0.05, 0) is 49.4 Å². The summed E-state index contributed by atoms with van der Waals surface area (Å²) >= 11 is 0.993. The number of fused-ring (bicyclic) bond motifs is 3. The van der Waals surface area contributed by atoms with Gasteiger partial charge in [0.1, 0.15) is 6.54 Å². The van der Waals surface area contributed by atoms with E-state index < -0.39 is 0 Å². The molecular formula is C19H18FN3OS. The SMILES string of the molecule is O=C(Cn1c2c(c3ccccc31)CCCC2)NN=Cc1ccc(F)s1. The summed E-state index contributed by atoms with van der Waals surface area (Å²) in [4.78, 5) is 13.0. The number of halogens is 1. The molecule has 4 nitrogen and oxygen atoms in total. The van der Waals surface area contributed by atoms with Crippen LogP contribution in [0.15, 0.2) is 41.5 Å². The highest BCUT2D eigenvalue weighted by atomic mass is 32.1. The maximum absolute atomic E-state index is 12.9. The maximum atomic E-state index is 12.9. The van der Waals surface area contributed by atoms with Crippen LogP contribution in [0.3, 0.4) is 0 Å². The first-order valence-corrected chi connectivity index (χ1v) is 9.20. The molecule has 25 heavy (non-hydrogen) atoms. The molecule has 128 valence electrons. The van der Waals surface area contributed by atoms with Gasteiger partial charge in [-0.2, -0.15) is 9.49 Å². The van der Waals surface area contributed by atoms with E-state index in [1.54, 1.807) is 6.07 Å². The minimum absolute atomic E-state index is 0.178. The van der Waals surface area contributed by atoms with Gasteiger partial charge in [-0.1, -0.05) is 18.2 Å². The first-order valence-electron chi connectivity index (χ1n) is 8.38. The van der Waals surface area contributed by atoms with Gasteiger partial charge in [0.2, 0.25) is 0 Å². The number of hydrazone groups is 1. The highest BCUT2D eigenvalue weighted by Crippen LogP contribution is 2.31. The molecule has 6 heteroatoms. The predicted octanol–water partition coefficient (Wildman–Crippen LogP) is 3.87. The van der Waals surface area contributed by atoms with Crippen molar-refractivity contribution in [1.82, 2.24) is 9.99 Å². The van der Waals surface area contributed by atoms with E-state index in [1.165, 1.54) is 35.3 Å². The standard InChI is InChI=1S/C19H18FN3OS/c20-18-10-9-13(25-18)11-21-22-19(24)12-23-16-7-3-1-5-14(16)15-6-2-4-8-17(15)23/h1,3,5,7,9-11H,2,4,6,8,12H2,(H,22,24). The number of carbonyl (C=O) groups excluding carboxylic acids is 1. The molecular weight excluding hydrogens is 337 g/mol. The summed E-state index contributed by atoms with van der Waals surface area (Å²) in [5.74, 6) is -0.178. The number of hydrogen-bond acceptors (Lipinski definition) is 3. The zero-order valence-electron chi connectivity index (χ0n) is 13.7. The van der Waals surface area contributed by atoms with Crippen LogP contribution < -0.4 is 5.43 Å². The van der Waals surface area contributed by atoms with E-state index in [1.807, 2.05) is 12.1 Å². The van der Waals surface area contributed by atoms with Gasteiger partial charge in [-0.25, -0.2) is 5.43 Å². The summed E-state index contributed by atoms with van der Waals surface area (Å²) < 4.78 is 15.1. The van der Waals surface area contributed by atoms with Crippen LogP contribution >= 0.6 is 11.3 Å². The molecule has 1 N–H and O–H groups in total. The van der Waals surface area contributed by atoms with E-state index in [9.17, 15) is 9.18 Å². The Morgan fingerprint density at radius 1 is 1.24 bits per heavy atom. The van der Waals surface area contributed by atoms with Crippen molar-refractivity contribution in [1.29, 1.82) is 0 Å². The molecule has 0 fully saturated rings. The summed E-state index contributed by atoms with van der Waals surface area (Å²) in [5, 5.41) is 4.92. The molecule has 1 aliphatic carbocycles. The summed E-state index contributed by atoms with van der Waals surface area (Å²) in [6.07, 6.45) is 5.92. The summed E-state index contributed by atoms with van der Waals surface area (Å²) in [6, 6.07) is 11.3. The van der Waals surface area contributed by atoms with Gasteiger partial charge in [-0.3, -0.25) is 4.79 Å². The number of benzene rings is 1. The molecule has 1 aromatic carbocycles. The van der Waals surface area contributed by atoms with E-state index in [0.29, 0.717) is 4.88 Å². The zero-order valence-corrected chi connectivity index (χ0v) is 14.5. The Kier molecular flexibility index (Phi) is 4.36. The van der Waals surface area contributed by atoms with E-state index in [2.05, 4.69) is 27.2 Å². The maximum Gasteiger partial charge on any atom is 0.259 e. The number of nitrogens with zero attached hydrogens (tertiary/aromatic N) is 2. The van der Waals surface area contributed by atoms with Gasteiger partial charge >= 0.3 is 0 Å². The molecule has 0 unspecified atom stereocenters.